The summed E-state index contributed by atoms with van der Waals surface area (Å²) < 4.78 is 31.4. The summed E-state index contributed by atoms with van der Waals surface area (Å²) in [6.07, 6.45) is 0.881. The van der Waals surface area contributed by atoms with E-state index in [2.05, 4.69) is 5.32 Å². The lowest BCUT2D eigenvalue weighted by Gasteiger charge is -2.34. The number of anilines is 2. The number of nitrogens with one attached hydrogen (secondary N) is 1. The van der Waals surface area contributed by atoms with Crippen LogP contribution in [-0.4, -0.2) is 33.2 Å². The van der Waals surface area contributed by atoms with Crippen molar-refractivity contribution >= 4 is 38.9 Å². The first-order valence-electron chi connectivity index (χ1n) is 8.54. The van der Waals surface area contributed by atoms with Crippen molar-refractivity contribution in [3.63, 3.8) is 0 Å². The molecular formula is C19H21ClN2O4S. The molecule has 3 rings (SSSR count). The number of halogens is 1. The lowest BCUT2D eigenvalue weighted by atomic mass is 10.1. The molecule has 0 aromatic heterocycles. The number of benzene rings is 2. The van der Waals surface area contributed by atoms with E-state index in [0.717, 1.165) is 33.8 Å². The standard InChI is InChI=1S/C19H21ClN2O4S/c1-4-13-7-5-6-12(2)18(13)21-19(23)17-11-22(27(3,24)25)15-10-14(20)8-9-16(15)26-17/h5-10,17H,4,11H2,1-3H3,(H,21,23)/t17-/m1/s1. The molecule has 0 saturated heterocycles. The molecule has 0 aliphatic carbocycles. The molecule has 0 radical (unpaired) electrons. The van der Waals surface area contributed by atoms with Crippen molar-refractivity contribution < 1.29 is 17.9 Å². The Hall–Kier alpha value is -2.25. The van der Waals surface area contributed by atoms with Crippen molar-refractivity contribution in [3.8, 4) is 5.75 Å². The van der Waals surface area contributed by atoms with Crippen LogP contribution in [0.1, 0.15) is 18.1 Å². The molecule has 8 heteroatoms. The third-order valence-electron chi connectivity index (χ3n) is 4.47. The topological polar surface area (TPSA) is 75.7 Å². The summed E-state index contributed by atoms with van der Waals surface area (Å²) in [5, 5.41) is 3.29. The first-order valence-corrected chi connectivity index (χ1v) is 10.8. The van der Waals surface area contributed by atoms with E-state index in [1.54, 1.807) is 12.1 Å². The average Bonchev–Trinajstić information content (AvgIpc) is 2.61. The molecular weight excluding hydrogens is 388 g/mol. The molecule has 0 bridgehead atoms. The van der Waals surface area contributed by atoms with Gasteiger partial charge in [0.2, 0.25) is 10.0 Å². The Kier molecular flexibility index (Phi) is 5.35. The van der Waals surface area contributed by atoms with E-state index in [-0.39, 0.29) is 6.54 Å². The second kappa shape index (κ2) is 7.40. The highest BCUT2D eigenvalue weighted by atomic mass is 35.5. The van der Waals surface area contributed by atoms with Crippen LogP contribution >= 0.6 is 11.6 Å². The molecule has 2 aromatic carbocycles. The Morgan fingerprint density at radius 2 is 2.07 bits per heavy atom. The van der Waals surface area contributed by atoms with Crippen LogP contribution < -0.4 is 14.4 Å². The van der Waals surface area contributed by atoms with Gasteiger partial charge in [0.05, 0.1) is 18.5 Å². The lowest BCUT2D eigenvalue weighted by Crippen LogP contribution is -2.48. The highest BCUT2D eigenvalue weighted by Crippen LogP contribution is 2.37. The predicted molar refractivity (Wildman–Crippen MR) is 107 cm³/mol. The van der Waals surface area contributed by atoms with Crippen LogP contribution in [0.2, 0.25) is 5.02 Å². The van der Waals surface area contributed by atoms with E-state index >= 15 is 0 Å². The predicted octanol–water partition coefficient (Wildman–Crippen LogP) is 3.38. The summed E-state index contributed by atoms with van der Waals surface area (Å²) in [7, 11) is -3.60. The first kappa shape index (κ1) is 19.5. The van der Waals surface area contributed by atoms with Gasteiger partial charge in [-0.25, -0.2) is 8.42 Å². The number of amides is 1. The zero-order valence-corrected chi connectivity index (χ0v) is 16.9. The molecule has 0 spiro atoms. The summed E-state index contributed by atoms with van der Waals surface area (Å²) in [5.41, 5.74) is 3.01. The van der Waals surface area contributed by atoms with Crippen molar-refractivity contribution in [2.24, 2.45) is 0 Å². The fourth-order valence-electron chi connectivity index (χ4n) is 3.08. The fraction of sp³-hybridized carbons (Fsp3) is 0.316. The summed E-state index contributed by atoms with van der Waals surface area (Å²) in [4.78, 5) is 12.9. The Morgan fingerprint density at radius 3 is 2.74 bits per heavy atom. The van der Waals surface area contributed by atoms with Gasteiger partial charge >= 0.3 is 0 Å². The van der Waals surface area contributed by atoms with E-state index in [1.165, 1.54) is 6.07 Å². The number of nitrogens with zero attached hydrogens (tertiary/aromatic N) is 1. The zero-order chi connectivity index (χ0) is 19.8. The van der Waals surface area contributed by atoms with Gasteiger partial charge in [-0.3, -0.25) is 9.10 Å². The number of para-hydroxylation sites is 1. The van der Waals surface area contributed by atoms with Crippen LogP contribution in [-0.2, 0) is 21.2 Å². The zero-order valence-electron chi connectivity index (χ0n) is 15.3. The Labute approximate surface area is 164 Å². The monoisotopic (exact) mass is 408 g/mol. The molecule has 6 nitrogen and oxygen atoms in total. The molecule has 144 valence electrons. The van der Waals surface area contributed by atoms with E-state index < -0.39 is 22.0 Å². The number of carbonyl (C=O) groups is 1. The van der Waals surface area contributed by atoms with Gasteiger partial charge < -0.3 is 10.1 Å². The van der Waals surface area contributed by atoms with Gasteiger partial charge in [0, 0.05) is 10.7 Å². The van der Waals surface area contributed by atoms with E-state index in [4.69, 9.17) is 16.3 Å². The Balaban J connectivity index is 1.92. The van der Waals surface area contributed by atoms with Gasteiger partial charge in [-0.15, -0.1) is 0 Å². The van der Waals surface area contributed by atoms with Crippen molar-refractivity contribution in [1.29, 1.82) is 0 Å². The maximum atomic E-state index is 12.9. The highest BCUT2D eigenvalue weighted by Gasteiger charge is 2.35. The van der Waals surface area contributed by atoms with Crippen molar-refractivity contribution in [2.45, 2.75) is 26.4 Å². The second-order valence-corrected chi connectivity index (χ2v) is 8.81. The molecule has 0 saturated carbocycles. The molecule has 27 heavy (non-hydrogen) atoms. The number of fused-ring (bicyclic) bond motifs is 1. The lowest BCUT2D eigenvalue weighted by molar-refractivity contribution is -0.122. The normalized spacial score (nSPS) is 16.4. The minimum Gasteiger partial charge on any atom is -0.476 e. The largest absolute Gasteiger partial charge is 0.476 e. The van der Waals surface area contributed by atoms with E-state index in [1.807, 2.05) is 32.0 Å². The number of hydrogen-bond acceptors (Lipinski definition) is 4. The molecule has 0 fully saturated rings. The number of aryl methyl sites for hydroxylation is 2. The number of sulfonamides is 1. The van der Waals surface area contributed by atoms with Gasteiger partial charge in [-0.1, -0.05) is 36.7 Å². The third kappa shape index (κ3) is 4.04. The summed E-state index contributed by atoms with van der Waals surface area (Å²) in [6.45, 7) is 3.80. The summed E-state index contributed by atoms with van der Waals surface area (Å²) >= 11 is 5.99. The minimum atomic E-state index is -3.60. The smallest absolute Gasteiger partial charge is 0.267 e. The maximum absolute atomic E-state index is 12.9. The molecule has 1 aliphatic heterocycles. The average molecular weight is 409 g/mol. The fourth-order valence-corrected chi connectivity index (χ4v) is 4.15. The van der Waals surface area contributed by atoms with Crippen LogP contribution in [0.4, 0.5) is 11.4 Å². The van der Waals surface area contributed by atoms with Crippen LogP contribution in [0.15, 0.2) is 36.4 Å². The van der Waals surface area contributed by atoms with Crippen LogP contribution in [0.25, 0.3) is 0 Å². The first-order chi connectivity index (χ1) is 12.7. The van der Waals surface area contributed by atoms with Crippen molar-refractivity contribution in [1.82, 2.24) is 0 Å². The number of ether oxygens (including phenoxy) is 1. The number of rotatable bonds is 4. The van der Waals surface area contributed by atoms with Crippen LogP contribution in [0.3, 0.4) is 0 Å². The number of hydrogen-bond donors (Lipinski definition) is 1. The maximum Gasteiger partial charge on any atom is 0.267 e. The van der Waals surface area contributed by atoms with Crippen LogP contribution in [0, 0.1) is 6.92 Å². The summed E-state index contributed by atoms with van der Waals surface area (Å²) in [6, 6.07) is 10.5. The molecule has 0 unspecified atom stereocenters. The molecule has 1 N–H and O–H groups in total. The van der Waals surface area contributed by atoms with E-state index in [0.29, 0.717) is 16.5 Å². The van der Waals surface area contributed by atoms with Gasteiger partial charge in [0.25, 0.3) is 5.91 Å². The molecule has 1 aliphatic rings. The molecule has 1 amide bonds. The van der Waals surface area contributed by atoms with Crippen LogP contribution in [0.5, 0.6) is 5.75 Å². The van der Waals surface area contributed by atoms with Gasteiger partial charge in [-0.05, 0) is 42.7 Å². The second-order valence-electron chi connectivity index (χ2n) is 6.46. The van der Waals surface area contributed by atoms with E-state index in [9.17, 15) is 13.2 Å². The van der Waals surface area contributed by atoms with Gasteiger partial charge in [0.15, 0.2) is 6.10 Å². The SMILES string of the molecule is CCc1cccc(C)c1NC(=O)[C@H]1CN(S(C)(=O)=O)c2cc(Cl)ccc2O1. The Bertz CT molecular complexity index is 991. The summed E-state index contributed by atoms with van der Waals surface area (Å²) in [5.74, 6) is -0.0926. The van der Waals surface area contributed by atoms with Crippen molar-refractivity contribution in [3.05, 3.63) is 52.5 Å². The third-order valence-corrected chi connectivity index (χ3v) is 5.85. The van der Waals surface area contributed by atoms with Gasteiger partial charge in [0.1, 0.15) is 5.75 Å². The minimum absolute atomic E-state index is 0.120. The molecule has 1 atom stereocenters. The van der Waals surface area contributed by atoms with Crippen molar-refractivity contribution in [2.75, 3.05) is 22.4 Å². The Morgan fingerprint density at radius 1 is 1.33 bits per heavy atom. The van der Waals surface area contributed by atoms with Gasteiger partial charge in [-0.2, -0.15) is 0 Å². The molecule has 2 aromatic rings. The number of carbonyl (C=O) groups excluding carboxylic acids is 1. The quantitative estimate of drug-likeness (QED) is 0.841. The highest BCUT2D eigenvalue weighted by molar-refractivity contribution is 7.92. The molecule has 1 heterocycles.